The molecule has 6 heteroatoms. The number of nitrogens with zero attached hydrogens (tertiary/aromatic N) is 2. The van der Waals surface area contributed by atoms with Gasteiger partial charge in [0.05, 0.1) is 11.7 Å². The highest BCUT2D eigenvalue weighted by molar-refractivity contribution is 5.82. The zero-order chi connectivity index (χ0) is 21.1. The van der Waals surface area contributed by atoms with Gasteiger partial charge in [0.1, 0.15) is 12.0 Å². The number of fused-ring (bicyclic) bond motifs is 1. The minimum absolute atomic E-state index is 0.473. The Bertz CT molecular complexity index is 814. The van der Waals surface area contributed by atoms with E-state index in [4.69, 9.17) is 10.7 Å². The first-order valence-corrected chi connectivity index (χ1v) is 10.9. The summed E-state index contributed by atoms with van der Waals surface area (Å²) < 4.78 is 0. The van der Waals surface area contributed by atoms with Gasteiger partial charge in [-0.25, -0.2) is 4.98 Å². The Kier molecular flexibility index (Phi) is 7.11. The Morgan fingerprint density at radius 3 is 2.45 bits per heavy atom. The van der Waals surface area contributed by atoms with Gasteiger partial charge in [-0.05, 0) is 57.7 Å². The van der Waals surface area contributed by atoms with E-state index >= 15 is 0 Å². The molecule has 1 saturated heterocycles. The number of aliphatic hydroxyl groups excluding tert-OH is 1. The molecule has 0 radical (unpaired) electrons. The highest BCUT2D eigenvalue weighted by Crippen LogP contribution is 2.29. The summed E-state index contributed by atoms with van der Waals surface area (Å²) in [6, 6.07) is 9.48. The van der Waals surface area contributed by atoms with Gasteiger partial charge in [0.15, 0.2) is 0 Å². The van der Waals surface area contributed by atoms with Crippen LogP contribution in [0.3, 0.4) is 0 Å². The Labute approximate surface area is 174 Å². The number of aryl methyl sites for hydroxylation is 1. The number of hydrogen-bond acceptors (Lipinski definition) is 6. The number of hydrogen-bond donors (Lipinski definition) is 4. The number of pyridine rings is 1. The van der Waals surface area contributed by atoms with Gasteiger partial charge >= 0.3 is 0 Å². The van der Waals surface area contributed by atoms with Crippen molar-refractivity contribution in [3.63, 3.8) is 0 Å². The van der Waals surface area contributed by atoms with Gasteiger partial charge in [0.2, 0.25) is 0 Å². The lowest BCUT2D eigenvalue weighted by Gasteiger charge is -2.37. The number of benzene rings is 1. The van der Waals surface area contributed by atoms with Gasteiger partial charge in [0.25, 0.3) is 0 Å². The molecule has 0 aliphatic carbocycles. The van der Waals surface area contributed by atoms with Crippen LogP contribution in [0, 0.1) is 12.8 Å². The third-order valence-electron chi connectivity index (χ3n) is 6.03. The molecule has 0 spiro atoms. The Balaban J connectivity index is 1.84. The number of nitrogens with two attached hydrogens (primary N) is 1. The third kappa shape index (κ3) is 5.45. The minimum Gasteiger partial charge on any atom is -0.379 e. The standard InChI is InChI=1S/C23H37N5O/c1-14(2)16(4)25-19-8-10-28(11-9-19)23-20(22(24)26-17(5)29)13-18-12-15(3)6-7-21(18)27-23/h6-7,12-14,16-17,19,22,25-26,29H,8-11,24H2,1-5H3/t16-,17?,22?/m1/s1. The van der Waals surface area contributed by atoms with E-state index in [9.17, 15) is 5.11 Å². The van der Waals surface area contributed by atoms with Gasteiger partial charge in [-0.1, -0.05) is 25.5 Å². The van der Waals surface area contributed by atoms with Crippen LogP contribution < -0.4 is 21.3 Å². The fourth-order valence-electron chi connectivity index (χ4n) is 3.96. The molecule has 1 aromatic carbocycles. The molecular weight excluding hydrogens is 362 g/mol. The van der Waals surface area contributed by atoms with Crippen molar-refractivity contribution in [1.82, 2.24) is 15.6 Å². The topological polar surface area (TPSA) is 86.4 Å². The smallest absolute Gasteiger partial charge is 0.135 e. The molecule has 29 heavy (non-hydrogen) atoms. The lowest BCUT2D eigenvalue weighted by molar-refractivity contribution is 0.141. The Morgan fingerprint density at radius 2 is 1.83 bits per heavy atom. The first-order valence-electron chi connectivity index (χ1n) is 10.9. The second kappa shape index (κ2) is 9.39. The zero-order valence-corrected chi connectivity index (χ0v) is 18.4. The maximum atomic E-state index is 9.77. The zero-order valence-electron chi connectivity index (χ0n) is 18.4. The summed E-state index contributed by atoms with van der Waals surface area (Å²) in [5, 5.41) is 17.6. The van der Waals surface area contributed by atoms with Gasteiger partial charge < -0.3 is 21.1 Å². The largest absolute Gasteiger partial charge is 0.379 e. The summed E-state index contributed by atoms with van der Waals surface area (Å²) in [4.78, 5) is 7.33. The SMILES string of the molecule is Cc1ccc2nc(N3CCC(N[C@H](C)C(C)C)CC3)c(C(N)NC(C)O)cc2c1. The molecule has 0 bridgehead atoms. The molecule has 0 saturated carbocycles. The monoisotopic (exact) mass is 399 g/mol. The molecule has 160 valence electrons. The van der Waals surface area contributed by atoms with Crippen molar-refractivity contribution in [2.24, 2.45) is 11.7 Å². The summed E-state index contributed by atoms with van der Waals surface area (Å²) in [6.45, 7) is 12.4. The molecule has 2 aromatic rings. The summed E-state index contributed by atoms with van der Waals surface area (Å²) in [5.74, 6) is 1.56. The second-order valence-electron chi connectivity index (χ2n) is 8.88. The number of anilines is 1. The van der Waals surface area contributed by atoms with E-state index in [2.05, 4.69) is 67.5 Å². The van der Waals surface area contributed by atoms with E-state index in [1.165, 1.54) is 5.56 Å². The van der Waals surface area contributed by atoms with Crippen LogP contribution in [-0.2, 0) is 0 Å². The highest BCUT2D eigenvalue weighted by atomic mass is 16.3. The van der Waals surface area contributed by atoms with Gasteiger partial charge in [0, 0.05) is 36.1 Å². The Hall–Kier alpha value is -1.73. The van der Waals surface area contributed by atoms with Crippen LogP contribution in [0.4, 0.5) is 5.82 Å². The first-order chi connectivity index (χ1) is 13.7. The van der Waals surface area contributed by atoms with Crippen molar-refractivity contribution in [2.75, 3.05) is 18.0 Å². The lowest BCUT2D eigenvalue weighted by atomic mass is 9.99. The van der Waals surface area contributed by atoms with Gasteiger partial charge in [-0.3, -0.25) is 5.32 Å². The average Bonchev–Trinajstić information content (AvgIpc) is 2.67. The van der Waals surface area contributed by atoms with E-state index in [-0.39, 0.29) is 0 Å². The van der Waals surface area contributed by atoms with E-state index in [0.717, 1.165) is 48.2 Å². The Morgan fingerprint density at radius 1 is 1.14 bits per heavy atom. The van der Waals surface area contributed by atoms with Crippen molar-refractivity contribution < 1.29 is 5.11 Å². The summed E-state index contributed by atoms with van der Waals surface area (Å²) >= 11 is 0. The van der Waals surface area contributed by atoms with Crippen molar-refractivity contribution in [3.8, 4) is 0 Å². The predicted octanol–water partition coefficient (Wildman–Crippen LogP) is 3.03. The van der Waals surface area contributed by atoms with Crippen LogP contribution in [0.2, 0.25) is 0 Å². The number of aliphatic hydroxyl groups is 1. The molecule has 1 aliphatic heterocycles. The van der Waals surface area contributed by atoms with Crippen LogP contribution in [0.25, 0.3) is 10.9 Å². The molecule has 3 rings (SSSR count). The first kappa shape index (κ1) is 22.0. The predicted molar refractivity (Wildman–Crippen MR) is 121 cm³/mol. The maximum absolute atomic E-state index is 9.77. The van der Waals surface area contributed by atoms with Crippen LogP contribution in [-0.4, -0.2) is 41.5 Å². The summed E-state index contributed by atoms with van der Waals surface area (Å²) in [6.07, 6.45) is 1.02. The van der Waals surface area contributed by atoms with E-state index in [1.807, 2.05) is 0 Å². The molecule has 2 unspecified atom stereocenters. The summed E-state index contributed by atoms with van der Waals surface area (Å²) in [5.41, 5.74) is 9.52. The van der Waals surface area contributed by atoms with Crippen molar-refractivity contribution in [3.05, 3.63) is 35.4 Å². The third-order valence-corrected chi connectivity index (χ3v) is 6.03. The number of rotatable bonds is 7. The minimum atomic E-state index is -0.682. The molecule has 1 aliphatic rings. The van der Waals surface area contributed by atoms with Crippen LogP contribution in [0.1, 0.15) is 57.8 Å². The van der Waals surface area contributed by atoms with Crippen molar-refractivity contribution in [1.29, 1.82) is 0 Å². The van der Waals surface area contributed by atoms with Crippen molar-refractivity contribution in [2.45, 2.75) is 71.9 Å². The number of piperidine rings is 1. The van der Waals surface area contributed by atoms with Gasteiger partial charge in [-0.2, -0.15) is 0 Å². The number of nitrogens with one attached hydrogen (secondary N) is 2. The summed E-state index contributed by atoms with van der Waals surface area (Å²) in [7, 11) is 0. The quantitative estimate of drug-likeness (QED) is 0.536. The average molecular weight is 400 g/mol. The van der Waals surface area contributed by atoms with Crippen LogP contribution >= 0.6 is 0 Å². The molecule has 3 atom stereocenters. The second-order valence-corrected chi connectivity index (χ2v) is 8.88. The van der Waals surface area contributed by atoms with E-state index in [0.29, 0.717) is 18.0 Å². The molecule has 6 nitrogen and oxygen atoms in total. The number of aromatic nitrogens is 1. The van der Waals surface area contributed by atoms with Crippen LogP contribution in [0.5, 0.6) is 0 Å². The fourth-order valence-corrected chi connectivity index (χ4v) is 3.96. The van der Waals surface area contributed by atoms with E-state index < -0.39 is 12.4 Å². The van der Waals surface area contributed by atoms with E-state index in [1.54, 1.807) is 6.92 Å². The maximum Gasteiger partial charge on any atom is 0.135 e. The lowest BCUT2D eigenvalue weighted by Crippen LogP contribution is -2.47. The molecule has 5 N–H and O–H groups in total. The van der Waals surface area contributed by atoms with Crippen molar-refractivity contribution >= 4 is 16.7 Å². The molecule has 0 amide bonds. The van der Waals surface area contributed by atoms with Gasteiger partial charge in [-0.15, -0.1) is 0 Å². The fraction of sp³-hybridized carbons (Fsp3) is 0.609. The highest BCUT2D eigenvalue weighted by Gasteiger charge is 2.25. The molecule has 2 heterocycles. The molecular formula is C23H37N5O. The van der Waals surface area contributed by atoms with Crippen LogP contribution in [0.15, 0.2) is 24.3 Å². The molecule has 1 aromatic heterocycles. The normalized spacial score (nSPS) is 19.0. The molecule has 1 fully saturated rings.